The number of halogens is 2. The van der Waals surface area contributed by atoms with E-state index in [0.717, 1.165) is 6.07 Å². The van der Waals surface area contributed by atoms with E-state index in [9.17, 15) is 8.78 Å². The van der Waals surface area contributed by atoms with Crippen molar-refractivity contribution < 1.29 is 13.9 Å². The number of nitrogens with one attached hydrogen (secondary N) is 1. The lowest BCUT2D eigenvalue weighted by atomic mass is 10.1. The highest BCUT2D eigenvalue weighted by Crippen LogP contribution is 2.19. The van der Waals surface area contributed by atoms with Gasteiger partial charge in [-0.3, -0.25) is 0 Å². The molecule has 0 bridgehead atoms. The van der Waals surface area contributed by atoms with Crippen molar-refractivity contribution in [2.24, 2.45) is 0 Å². The molecule has 0 spiro atoms. The number of rotatable bonds is 5. The van der Waals surface area contributed by atoms with Crippen molar-refractivity contribution in [1.29, 1.82) is 0 Å². The van der Waals surface area contributed by atoms with Crippen LogP contribution < -0.4 is 5.32 Å². The molecule has 0 aliphatic heterocycles. The molecule has 2 N–H and O–H groups in total. The van der Waals surface area contributed by atoms with Crippen LogP contribution in [0, 0.1) is 11.6 Å². The summed E-state index contributed by atoms with van der Waals surface area (Å²) in [6.07, 6.45) is 0.585. The van der Waals surface area contributed by atoms with Gasteiger partial charge in [0.15, 0.2) is 11.6 Å². The molecule has 4 heteroatoms. The summed E-state index contributed by atoms with van der Waals surface area (Å²) in [5.74, 6) is -1.64. The molecule has 0 aromatic heterocycles. The highest BCUT2D eigenvalue weighted by Gasteiger charge is 2.15. The Bertz CT molecular complexity index is 344. The Labute approximate surface area is 94.3 Å². The van der Waals surface area contributed by atoms with E-state index in [2.05, 4.69) is 5.32 Å². The summed E-state index contributed by atoms with van der Waals surface area (Å²) in [5, 5.41) is 11.8. The third-order valence-corrected chi connectivity index (χ3v) is 2.54. The minimum absolute atomic E-state index is 0.0580. The zero-order valence-electron chi connectivity index (χ0n) is 9.50. The molecule has 1 aromatic rings. The van der Waals surface area contributed by atoms with Crippen molar-refractivity contribution in [3.63, 3.8) is 0 Å². The largest absolute Gasteiger partial charge is 0.396 e. The Morgan fingerprint density at radius 1 is 1.31 bits per heavy atom. The number of aliphatic hydroxyl groups is 1. The molecule has 0 saturated heterocycles. The summed E-state index contributed by atoms with van der Waals surface area (Å²) in [4.78, 5) is 0. The third-order valence-electron chi connectivity index (χ3n) is 2.54. The minimum Gasteiger partial charge on any atom is -0.396 e. The van der Waals surface area contributed by atoms with Crippen molar-refractivity contribution in [2.45, 2.75) is 32.4 Å². The van der Waals surface area contributed by atoms with E-state index in [-0.39, 0.29) is 18.7 Å². The van der Waals surface area contributed by atoms with Crippen LogP contribution in [-0.4, -0.2) is 17.8 Å². The molecule has 0 radical (unpaired) electrons. The Kier molecular flexibility index (Phi) is 4.83. The molecule has 2 nitrogen and oxygen atoms in total. The van der Waals surface area contributed by atoms with Crippen LogP contribution in [0.3, 0.4) is 0 Å². The Morgan fingerprint density at radius 2 is 2.00 bits per heavy atom. The van der Waals surface area contributed by atoms with Crippen LogP contribution in [0.15, 0.2) is 18.2 Å². The molecule has 16 heavy (non-hydrogen) atoms. The average molecular weight is 229 g/mol. The first-order valence-electron chi connectivity index (χ1n) is 5.37. The lowest BCUT2D eigenvalue weighted by Gasteiger charge is -2.20. The van der Waals surface area contributed by atoms with E-state index in [1.807, 2.05) is 6.92 Å². The summed E-state index contributed by atoms with van der Waals surface area (Å²) in [5.41, 5.74) is 0.310. The predicted octanol–water partition coefficient (Wildman–Crippen LogP) is 2.39. The Balaban J connectivity index is 2.72. The van der Waals surface area contributed by atoms with Gasteiger partial charge in [0.05, 0.1) is 0 Å². The third kappa shape index (κ3) is 3.25. The molecule has 0 heterocycles. The van der Waals surface area contributed by atoms with Crippen LogP contribution in [0.2, 0.25) is 0 Å². The van der Waals surface area contributed by atoms with Gasteiger partial charge in [-0.25, -0.2) is 8.78 Å². The Morgan fingerprint density at radius 3 is 2.62 bits per heavy atom. The average Bonchev–Trinajstić information content (AvgIpc) is 2.22. The summed E-state index contributed by atoms with van der Waals surface area (Å²) >= 11 is 0. The molecule has 0 amide bonds. The molecule has 0 saturated carbocycles. The lowest BCUT2D eigenvalue weighted by molar-refractivity contribution is 0.264. The van der Waals surface area contributed by atoms with Gasteiger partial charge in [-0.2, -0.15) is 0 Å². The van der Waals surface area contributed by atoms with Crippen LogP contribution in [0.25, 0.3) is 0 Å². The first-order chi connectivity index (χ1) is 7.56. The molecule has 1 aromatic carbocycles. The van der Waals surface area contributed by atoms with Gasteiger partial charge < -0.3 is 10.4 Å². The molecule has 0 fully saturated rings. The zero-order valence-corrected chi connectivity index (χ0v) is 9.50. The fourth-order valence-corrected chi connectivity index (χ4v) is 1.65. The highest BCUT2D eigenvalue weighted by atomic mass is 19.2. The number of hydrogen-bond donors (Lipinski definition) is 2. The van der Waals surface area contributed by atoms with E-state index in [1.165, 1.54) is 6.07 Å². The number of aliphatic hydroxyl groups excluding tert-OH is 1. The van der Waals surface area contributed by atoms with E-state index < -0.39 is 11.6 Å². The maximum absolute atomic E-state index is 13.4. The lowest BCUT2D eigenvalue weighted by Crippen LogP contribution is -2.30. The molecular formula is C12H17F2NO. The SMILES string of the molecule is CC(CCO)NC(C)c1cccc(F)c1F. The first-order valence-corrected chi connectivity index (χ1v) is 5.37. The second-order valence-electron chi connectivity index (χ2n) is 3.94. The van der Waals surface area contributed by atoms with Gasteiger partial charge in [0.25, 0.3) is 0 Å². The van der Waals surface area contributed by atoms with Crippen LogP contribution in [-0.2, 0) is 0 Å². The van der Waals surface area contributed by atoms with Crippen LogP contribution in [0.4, 0.5) is 8.78 Å². The topological polar surface area (TPSA) is 32.3 Å². The molecule has 0 aliphatic carbocycles. The fraction of sp³-hybridized carbons (Fsp3) is 0.500. The van der Waals surface area contributed by atoms with Gasteiger partial charge in [0.2, 0.25) is 0 Å². The van der Waals surface area contributed by atoms with Crippen molar-refractivity contribution >= 4 is 0 Å². The van der Waals surface area contributed by atoms with Gasteiger partial charge in [-0.1, -0.05) is 12.1 Å². The molecule has 2 unspecified atom stereocenters. The smallest absolute Gasteiger partial charge is 0.163 e. The summed E-state index contributed by atoms with van der Waals surface area (Å²) in [7, 11) is 0. The van der Waals surface area contributed by atoms with Crippen molar-refractivity contribution in [3.05, 3.63) is 35.4 Å². The van der Waals surface area contributed by atoms with Gasteiger partial charge in [0, 0.05) is 24.3 Å². The van der Waals surface area contributed by atoms with Gasteiger partial charge in [0.1, 0.15) is 0 Å². The number of benzene rings is 1. The molecule has 0 aliphatic rings. The van der Waals surface area contributed by atoms with Crippen LogP contribution >= 0.6 is 0 Å². The van der Waals surface area contributed by atoms with E-state index in [1.54, 1.807) is 13.0 Å². The monoisotopic (exact) mass is 229 g/mol. The highest BCUT2D eigenvalue weighted by molar-refractivity contribution is 5.22. The van der Waals surface area contributed by atoms with Crippen LogP contribution in [0.5, 0.6) is 0 Å². The van der Waals surface area contributed by atoms with Gasteiger partial charge >= 0.3 is 0 Å². The normalized spacial score (nSPS) is 14.8. The van der Waals surface area contributed by atoms with Crippen molar-refractivity contribution in [1.82, 2.24) is 5.32 Å². The van der Waals surface area contributed by atoms with Crippen LogP contribution in [0.1, 0.15) is 31.9 Å². The molecule has 1 rings (SSSR count). The molecule has 2 atom stereocenters. The summed E-state index contributed by atoms with van der Waals surface area (Å²) in [6, 6.07) is 3.92. The zero-order chi connectivity index (χ0) is 12.1. The van der Waals surface area contributed by atoms with Crippen molar-refractivity contribution in [2.75, 3.05) is 6.61 Å². The van der Waals surface area contributed by atoms with Gasteiger partial charge in [-0.15, -0.1) is 0 Å². The second kappa shape index (κ2) is 5.92. The number of hydrogen-bond acceptors (Lipinski definition) is 2. The van der Waals surface area contributed by atoms with E-state index in [4.69, 9.17) is 5.11 Å². The maximum atomic E-state index is 13.4. The minimum atomic E-state index is -0.832. The quantitative estimate of drug-likeness (QED) is 0.812. The fourth-order valence-electron chi connectivity index (χ4n) is 1.65. The van der Waals surface area contributed by atoms with Gasteiger partial charge in [-0.05, 0) is 26.3 Å². The van der Waals surface area contributed by atoms with E-state index >= 15 is 0 Å². The molecular weight excluding hydrogens is 212 g/mol. The second-order valence-corrected chi connectivity index (χ2v) is 3.94. The summed E-state index contributed by atoms with van der Waals surface area (Å²) < 4.78 is 26.4. The predicted molar refractivity (Wildman–Crippen MR) is 59.1 cm³/mol. The standard InChI is InChI=1S/C12H17F2NO/c1-8(6-7-16)15-9(2)10-4-3-5-11(13)12(10)14/h3-5,8-9,15-16H,6-7H2,1-2H3. The molecule has 90 valence electrons. The summed E-state index contributed by atoms with van der Waals surface area (Å²) in [6.45, 7) is 3.74. The van der Waals surface area contributed by atoms with E-state index in [0.29, 0.717) is 12.0 Å². The first kappa shape index (κ1) is 13.1. The maximum Gasteiger partial charge on any atom is 0.163 e. The van der Waals surface area contributed by atoms with Crippen molar-refractivity contribution in [3.8, 4) is 0 Å². The Hall–Kier alpha value is -1.00.